The van der Waals surface area contributed by atoms with E-state index in [1.54, 1.807) is 24.0 Å². The molecule has 2 rings (SSSR count). The summed E-state index contributed by atoms with van der Waals surface area (Å²) in [6, 6.07) is 1.99. The maximum atomic E-state index is 8.91. The summed E-state index contributed by atoms with van der Waals surface area (Å²) in [5, 5.41) is 13.0. The highest BCUT2D eigenvalue weighted by atomic mass is 16.5. The summed E-state index contributed by atoms with van der Waals surface area (Å²) in [4.78, 5) is 8.02. The number of aromatic nitrogens is 4. The lowest BCUT2D eigenvalue weighted by molar-refractivity contribution is 0.457. The van der Waals surface area contributed by atoms with E-state index in [1.807, 2.05) is 13.0 Å². The first kappa shape index (κ1) is 11.1. The van der Waals surface area contributed by atoms with Crippen molar-refractivity contribution in [2.24, 2.45) is 0 Å². The molecule has 0 radical (unpaired) electrons. The summed E-state index contributed by atoms with van der Waals surface area (Å²) in [5.41, 5.74) is 0.305. The number of aryl methyl sites for hydroxylation is 2. The lowest BCUT2D eigenvalue weighted by Gasteiger charge is -2.03. The van der Waals surface area contributed by atoms with Crippen molar-refractivity contribution in [1.29, 1.82) is 5.26 Å². The second-order valence-electron chi connectivity index (χ2n) is 3.38. The van der Waals surface area contributed by atoms with Gasteiger partial charge < -0.3 is 4.74 Å². The topological polar surface area (TPSA) is 76.6 Å². The summed E-state index contributed by atoms with van der Waals surface area (Å²) < 4.78 is 7.24. The van der Waals surface area contributed by atoms with Crippen molar-refractivity contribution in [2.45, 2.75) is 20.4 Å². The van der Waals surface area contributed by atoms with Crippen LogP contribution in [0.2, 0.25) is 0 Å². The third kappa shape index (κ3) is 2.39. The molecule has 0 unspecified atom stereocenters. The van der Waals surface area contributed by atoms with Crippen molar-refractivity contribution < 1.29 is 4.74 Å². The zero-order chi connectivity index (χ0) is 12.3. The minimum atomic E-state index is 0.260. The average Bonchev–Trinajstić information content (AvgIpc) is 2.77. The van der Waals surface area contributed by atoms with Crippen LogP contribution in [0.15, 0.2) is 18.6 Å². The number of nitrogens with zero attached hydrogens (tertiary/aromatic N) is 5. The highest BCUT2D eigenvalue weighted by Crippen LogP contribution is 2.21. The molecular weight excluding hydrogens is 218 g/mol. The average molecular weight is 229 g/mol. The van der Waals surface area contributed by atoms with Gasteiger partial charge >= 0.3 is 0 Å². The van der Waals surface area contributed by atoms with Crippen molar-refractivity contribution in [1.82, 2.24) is 19.7 Å². The van der Waals surface area contributed by atoms with E-state index in [9.17, 15) is 0 Å². The van der Waals surface area contributed by atoms with Crippen molar-refractivity contribution in [3.05, 3.63) is 30.0 Å². The summed E-state index contributed by atoms with van der Waals surface area (Å²) in [6.07, 6.45) is 4.78. The number of ether oxygens (including phenoxy) is 1. The lowest BCUT2D eigenvalue weighted by Crippen LogP contribution is -1.96. The minimum absolute atomic E-state index is 0.260. The summed E-state index contributed by atoms with van der Waals surface area (Å²) >= 11 is 0. The molecule has 0 amide bonds. The van der Waals surface area contributed by atoms with Crippen LogP contribution in [0.4, 0.5) is 0 Å². The van der Waals surface area contributed by atoms with Crippen molar-refractivity contribution in [3.63, 3.8) is 0 Å². The fourth-order valence-electron chi connectivity index (χ4n) is 1.29. The Hall–Kier alpha value is -2.42. The molecule has 86 valence electrons. The van der Waals surface area contributed by atoms with Crippen LogP contribution in [0.1, 0.15) is 18.3 Å². The zero-order valence-electron chi connectivity index (χ0n) is 9.58. The van der Waals surface area contributed by atoms with E-state index in [4.69, 9.17) is 10.00 Å². The largest absolute Gasteiger partial charge is 0.434 e. The van der Waals surface area contributed by atoms with Crippen LogP contribution in [0, 0.1) is 18.3 Å². The SMILES string of the molecule is CCn1cc(Oc2nc(C)ncc2C#N)cn1. The van der Waals surface area contributed by atoms with Crippen molar-refractivity contribution in [2.75, 3.05) is 0 Å². The van der Waals surface area contributed by atoms with Gasteiger partial charge in [0.25, 0.3) is 0 Å². The van der Waals surface area contributed by atoms with Crippen LogP contribution < -0.4 is 4.74 Å². The quantitative estimate of drug-likeness (QED) is 0.800. The molecule has 0 saturated heterocycles. The van der Waals surface area contributed by atoms with E-state index in [-0.39, 0.29) is 5.88 Å². The Morgan fingerprint density at radius 3 is 2.94 bits per heavy atom. The molecule has 0 atom stereocenters. The Bertz CT molecular complexity index is 569. The molecule has 0 aromatic carbocycles. The van der Waals surface area contributed by atoms with E-state index in [0.29, 0.717) is 17.1 Å². The Morgan fingerprint density at radius 1 is 1.47 bits per heavy atom. The fourth-order valence-corrected chi connectivity index (χ4v) is 1.29. The zero-order valence-corrected chi connectivity index (χ0v) is 9.58. The predicted octanol–water partition coefficient (Wildman–Crippen LogP) is 1.67. The molecule has 0 N–H and O–H groups in total. The maximum absolute atomic E-state index is 8.91. The van der Waals surface area contributed by atoms with E-state index >= 15 is 0 Å². The third-order valence-corrected chi connectivity index (χ3v) is 2.14. The summed E-state index contributed by atoms with van der Waals surface area (Å²) in [7, 11) is 0. The number of hydrogen-bond donors (Lipinski definition) is 0. The molecule has 2 aromatic rings. The van der Waals surface area contributed by atoms with Gasteiger partial charge in [0.2, 0.25) is 5.88 Å². The highest BCUT2D eigenvalue weighted by molar-refractivity contribution is 5.38. The van der Waals surface area contributed by atoms with Gasteiger partial charge in [-0.3, -0.25) is 4.68 Å². The smallest absolute Gasteiger partial charge is 0.240 e. The molecule has 2 aromatic heterocycles. The van der Waals surface area contributed by atoms with E-state index in [2.05, 4.69) is 15.1 Å². The Kier molecular flexibility index (Phi) is 3.01. The first-order chi connectivity index (χ1) is 8.22. The van der Waals surface area contributed by atoms with Gasteiger partial charge in [-0.25, -0.2) is 4.98 Å². The van der Waals surface area contributed by atoms with Gasteiger partial charge in [-0.05, 0) is 13.8 Å². The van der Waals surface area contributed by atoms with Gasteiger partial charge in [0.1, 0.15) is 17.5 Å². The molecule has 0 fully saturated rings. The Morgan fingerprint density at radius 2 is 2.29 bits per heavy atom. The molecule has 0 aliphatic rings. The Balaban J connectivity index is 2.29. The van der Waals surface area contributed by atoms with Crippen LogP contribution >= 0.6 is 0 Å². The summed E-state index contributed by atoms with van der Waals surface area (Å²) in [5.74, 6) is 1.37. The second-order valence-corrected chi connectivity index (χ2v) is 3.38. The van der Waals surface area contributed by atoms with Crippen LogP contribution in [0.5, 0.6) is 11.6 Å². The predicted molar refractivity (Wildman–Crippen MR) is 59.5 cm³/mol. The van der Waals surface area contributed by atoms with Gasteiger partial charge in [-0.2, -0.15) is 15.3 Å². The monoisotopic (exact) mass is 229 g/mol. The highest BCUT2D eigenvalue weighted by Gasteiger charge is 2.08. The van der Waals surface area contributed by atoms with Crippen LogP contribution in [0.3, 0.4) is 0 Å². The minimum Gasteiger partial charge on any atom is -0.434 e. The van der Waals surface area contributed by atoms with Gasteiger partial charge in [0.05, 0.1) is 18.6 Å². The van der Waals surface area contributed by atoms with E-state index < -0.39 is 0 Å². The summed E-state index contributed by atoms with van der Waals surface area (Å²) in [6.45, 7) is 4.48. The van der Waals surface area contributed by atoms with Gasteiger partial charge in [0, 0.05) is 6.54 Å². The van der Waals surface area contributed by atoms with Crippen LogP contribution in [0.25, 0.3) is 0 Å². The standard InChI is InChI=1S/C11H11N5O/c1-3-16-7-10(6-14-16)17-11-9(4-12)5-13-8(2)15-11/h5-7H,3H2,1-2H3. The van der Waals surface area contributed by atoms with Gasteiger partial charge in [0.15, 0.2) is 5.75 Å². The lowest BCUT2D eigenvalue weighted by atomic mass is 10.3. The molecule has 0 aliphatic carbocycles. The second kappa shape index (κ2) is 4.61. The van der Waals surface area contributed by atoms with Crippen molar-refractivity contribution >= 4 is 0 Å². The van der Waals surface area contributed by atoms with E-state index in [1.165, 1.54) is 6.20 Å². The first-order valence-corrected chi connectivity index (χ1v) is 5.17. The normalized spacial score (nSPS) is 9.94. The third-order valence-electron chi connectivity index (χ3n) is 2.14. The molecule has 0 saturated carbocycles. The number of hydrogen-bond acceptors (Lipinski definition) is 5. The first-order valence-electron chi connectivity index (χ1n) is 5.17. The van der Waals surface area contributed by atoms with Crippen LogP contribution in [-0.2, 0) is 6.54 Å². The van der Waals surface area contributed by atoms with Crippen molar-refractivity contribution in [3.8, 4) is 17.7 Å². The molecule has 6 nitrogen and oxygen atoms in total. The number of nitriles is 1. The fraction of sp³-hybridized carbons (Fsp3) is 0.273. The molecule has 0 spiro atoms. The molecule has 6 heteroatoms. The van der Waals surface area contributed by atoms with E-state index in [0.717, 1.165) is 6.54 Å². The molecule has 2 heterocycles. The molecule has 0 aliphatic heterocycles. The van der Waals surface area contributed by atoms with Crippen LogP contribution in [-0.4, -0.2) is 19.7 Å². The molecular formula is C11H11N5O. The molecule has 0 bridgehead atoms. The van der Waals surface area contributed by atoms with Gasteiger partial charge in [-0.15, -0.1) is 0 Å². The maximum Gasteiger partial charge on any atom is 0.240 e. The van der Waals surface area contributed by atoms with Gasteiger partial charge in [-0.1, -0.05) is 0 Å². The number of rotatable bonds is 3. The molecule has 17 heavy (non-hydrogen) atoms. The Labute approximate surface area is 98.5 Å².